The van der Waals surface area contributed by atoms with E-state index in [-0.39, 0.29) is 18.5 Å². The SMILES string of the molecule is CCCCCC/C=C\C/C=C\CCCCCCCCCC(=O)OCCCCCCCCCCCCCC/C=C\CCCCCCCCCC(=O)NC(CO)C(O)/C=C/CCCCCCCCCCCC. The standard InChI is InChI=1S/C64H119NO5/c1-3-5-7-9-11-13-15-17-18-19-28-31-34-38-42-46-50-54-58-64(69)70-59-55-51-47-43-39-35-32-29-26-24-22-20-21-23-25-27-30-33-37-41-45-49-53-57-63(68)65-61(60-66)62(67)56-52-48-44-40-36-16-14-12-10-8-6-4-2/h13,15,18-19,23,25,52,56,61-62,66-67H,3-12,14,16-17,20-22,24,26-51,53-55,57-60H2,1-2H3,(H,65,68)/b15-13-,19-18-,25-23-,56-52+. The second kappa shape index (κ2) is 59.4. The van der Waals surface area contributed by atoms with Crippen LogP contribution in [0.5, 0.6) is 0 Å². The maximum atomic E-state index is 12.4. The molecule has 70 heavy (non-hydrogen) atoms. The van der Waals surface area contributed by atoms with Crippen LogP contribution in [0.3, 0.4) is 0 Å². The third kappa shape index (κ3) is 55.1. The first-order valence-corrected chi connectivity index (χ1v) is 30.9. The zero-order valence-corrected chi connectivity index (χ0v) is 46.7. The van der Waals surface area contributed by atoms with Gasteiger partial charge in [-0.05, 0) is 89.9 Å². The molecule has 0 saturated heterocycles. The van der Waals surface area contributed by atoms with Gasteiger partial charge >= 0.3 is 5.97 Å². The number of ether oxygens (including phenoxy) is 1. The average molecular weight is 983 g/mol. The molecule has 410 valence electrons. The minimum Gasteiger partial charge on any atom is -0.466 e. The number of aliphatic hydroxyl groups excluding tert-OH is 2. The number of carbonyl (C=O) groups excluding carboxylic acids is 2. The molecule has 6 heteroatoms. The second-order valence-corrected chi connectivity index (χ2v) is 21.0. The smallest absolute Gasteiger partial charge is 0.305 e. The van der Waals surface area contributed by atoms with Gasteiger partial charge in [0.25, 0.3) is 0 Å². The van der Waals surface area contributed by atoms with Gasteiger partial charge in [0.1, 0.15) is 0 Å². The van der Waals surface area contributed by atoms with E-state index < -0.39 is 12.1 Å². The van der Waals surface area contributed by atoms with Crippen molar-refractivity contribution in [3.8, 4) is 0 Å². The van der Waals surface area contributed by atoms with Crippen molar-refractivity contribution in [3.63, 3.8) is 0 Å². The highest BCUT2D eigenvalue weighted by Crippen LogP contribution is 2.16. The normalized spacial score (nSPS) is 12.9. The minimum absolute atomic E-state index is 0.00324. The van der Waals surface area contributed by atoms with Crippen LogP contribution in [-0.2, 0) is 14.3 Å². The van der Waals surface area contributed by atoms with Gasteiger partial charge in [0, 0.05) is 12.8 Å². The van der Waals surface area contributed by atoms with Gasteiger partial charge in [-0.2, -0.15) is 0 Å². The molecular weight excluding hydrogens is 863 g/mol. The number of aliphatic hydroxyl groups is 2. The summed E-state index contributed by atoms with van der Waals surface area (Å²) in [4.78, 5) is 24.5. The van der Waals surface area contributed by atoms with Crippen molar-refractivity contribution in [1.29, 1.82) is 0 Å². The molecule has 0 aliphatic carbocycles. The topological polar surface area (TPSA) is 95.9 Å². The first-order chi connectivity index (χ1) is 34.5. The van der Waals surface area contributed by atoms with Crippen LogP contribution < -0.4 is 5.32 Å². The molecule has 2 atom stereocenters. The van der Waals surface area contributed by atoms with Crippen molar-refractivity contribution in [2.24, 2.45) is 0 Å². The van der Waals surface area contributed by atoms with E-state index in [1.165, 1.54) is 238 Å². The molecule has 0 spiro atoms. The fourth-order valence-electron chi connectivity index (χ4n) is 9.31. The first kappa shape index (κ1) is 67.8. The van der Waals surface area contributed by atoms with Gasteiger partial charge in [-0.1, -0.05) is 268 Å². The highest BCUT2D eigenvalue weighted by atomic mass is 16.5. The fourth-order valence-corrected chi connectivity index (χ4v) is 9.31. The fraction of sp³-hybridized carbons (Fsp3) is 0.844. The van der Waals surface area contributed by atoms with Gasteiger partial charge in [0.15, 0.2) is 0 Å². The second-order valence-electron chi connectivity index (χ2n) is 21.0. The number of esters is 1. The number of nitrogens with one attached hydrogen (secondary N) is 1. The quantitative estimate of drug-likeness (QED) is 0.0321. The Balaban J connectivity index is 3.41. The van der Waals surface area contributed by atoms with E-state index in [1.54, 1.807) is 6.08 Å². The number of carbonyl (C=O) groups is 2. The number of amides is 1. The molecule has 0 aromatic heterocycles. The lowest BCUT2D eigenvalue weighted by atomic mass is 10.0. The summed E-state index contributed by atoms with van der Waals surface area (Å²) in [6.45, 7) is 4.88. The zero-order chi connectivity index (χ0) is 50.7. The van der Waals surface area contributed by atoms with Crippen LogP contribution in [0.15, 0.2) is 48.6 Å². The van der Waals surface area contributed by atoms with Gasteiger partial charge in [0.05, 0.1) is 25.4 Å². The van der Waals surface area contributed by atoms with E-state index in [1.807, 2.05) is 6.08 Å². The monoisotopic (exact) mass is 982 g/mol. The van der Waals surface area contributed by atoms with E-state index >= 15 is 0 Å². The molecule has 0 aromatic carbocycles. The lowest BCUT2D eigenvalue weighted by Gasteiger charge is -2.20. The summed E-state index contributed by atoms with van der Waals surface area (Å²) in [7, 11) is 0. The lowest BCUT2D eigenvalue weighted by Crippen LogP contribution is -2.45. The molecule has 6 nitrogen and oxygen atoms in total. The van der Waals surface area contributed by atoms with Crippen molar-refractivity contribution in [1.82, 2.24) is 5.32 Å². The van der Waals surface area contributed by atoms with E-state index in [2.05, 4.69) is 55.6 Å². The third-order valence-corrected chi connectivity index (χ3v) is 14.1. The lowest BCUT2D eigenvalue weighted by molar-refractivity contribution is -0.143. The van der Waals surface area contributed by atoms with Crippen molar-refractivity contribution in [2.75, 3.05) is 13.2 Å². The predicted molar refractivity (Wildman–Crippen MR) is 306 cm³/mol. The summed E-state index contributed by atoms with van der Waals surface area (Å²) in [5.41, 5.74) is 0. The molecule has 0 saturated carbocycles. The number of allylic oxidation sites excluding steroid dienone is 7. The maximum absolute atomic E-state index is 12.4. The molecule has 2 unspecified atom stereocenters. The van der Waals surface area contributed by atoms with E-state index in [0.29, 0.717) is 19.4 Å². The minimum atomic E-state index is -0.848. The molecule has 0 fully saturated rings. The van der Waals surface area contributed by atoms with Crippen LogP contribution in [0.2, 0.25) is 0 Å². The molecule has 0 bridgehead atoms. The molecule has 1 amide bonds. The highest BCUT2D eigenvalue weighted by molar-refractivity contribution is 5.76. The molecule has 0 heterocycles. The molecule has 0 radical (unpaired) electrons. The Bertz CT molecular complexity index is 1180. The number of hydrogen-bond acceptors (Lipinski definition) is 5. The summed E-state index contributed by atoms with van der Waals surface area (Å²) in [6, 6.07) is -0.632. The molecule has 0 aliphatic rings. The Kier molecular flexibility index (Phi) is 57.5. The van der Waals surface area contributed by atoms with Crippen LogP contribution in [0.25, 0.3) is 0 Å². The average Bonchev–Trinajstić information content (AvgIpc) is 3.36. The summed E-state index contributed by atoms with van der Waals surface area (Å²) in [6.07, 6.45) is 75.8. The van der Waals surface area contributed by atoms with Gasteiger partial charge in [-0.15, -0.1) is 0 Å². The number of unbranched alkanes of at least 4 members (excludes halogenated alkanes) is 40. The van der Waals surface area contributed by atoms with Crippen LogP contribution >= 0.6 is 0 Å². The summed E-state index contributed by atoms with van der Waals surface area (Å²) in [5, 5.41) is 23.0. The maximum Gasteiger partial charge on any atom is 0.305 e. The van der Waals surface area contributed by atoms with Gasteiger partial charge in [0.2, 0.25) is 5.91 Å². The summed E-state index contributed by atoms with van der Waals surface area (Å²) < 4.78 is 5.49. The molecule has 0 aromatic rings. The third-order valence-electron chi connectivity index (χ3n) is 14.1. The zero-order valence-electron chi connectivity index (χ0n) is 46.7. The Morgan fingerprint density at radius 2 is 0.714 bits per heavy atom. The Morgan fingerprint density at radius 1 is 0.400 bits per heavy atom. The van der Waals surface area contributed by atoms with Crippen LogP contribution in [0.1, 0.15) is 322 Å². The highest BCUT2D eigenvalue weighted by Gasteiger charge is 2.18. The first-order valence-electron chi connectivity index (χ1n) is 30.9. The van der Waals surface area contributed by atoms with E-state index in [4.69, 9.17) is 4.74 Å². The molecular formula is C64H119NO5. The van der Waals surface area contributed by atoms with Crippen molar-refractivity contribution in [2.45, 2.75) is 334 Å². The Hall–Kier alpha value is -2.18. The van der Waals surface area contributed by atoms with Gasteiger partial charge in [-0.3, -0.25) is 9.59 Å². The predicted octanol–water partition coefficient (Wildman–Crippen LogP) is 19.4. The Labute approximate surface area is 436 Å². The number of hydrogen-bond donors (Lipinski definition) is 3. The molecule has 0 aliphatic heterocycles. The van der Waals surface area contributed by atoms with Crippen molar-refractivity contribution < 1.29 is 24.5 Å². The summed E-state index contributed by atoms with van der Waals surface area (Å²) >= 11 is 0. The van der Waals surface area contributed by atoms with Gasteiger partial charge in [-0.25, -0.2) is 0 Å². The summed E-state index contributed by atoms with van der Waals surface area (Å²) in [5.74, 6) is -0.0720. The van der Waals surface area contributed by atoms with E-state index in [0.717, 1.165) is 57.8 Å². The van der Waals surface area contributed by atoms with Crippen LogP contribution in [-0.4, -0.2) is 47.4 Å². The van der Waals surface area contributed by atoms with Gasteiger partial charge < -0.3 is 20.3 Å². The molecule has 3 N–H and O–H groups in total. The largest absolute Gasteiger partial charge is 0.466 e. The molecule has 0 rings (SSSR count). The van der Waals surface area contributed by atoms with Crippen molar-refractivity contribution in [3.05, 3.63) is 48.6 Å². The van der Waals surface area contributed by atoms with Crippen LogP contribution in [0.4, 0.5) is 0 Å². The van der Waals surface area contributed by atoms with E-state index in [9.17, 15) is 19.8 Å². The van der Waals surface area contributed by atoms with Crippen LogP contribution in [0, 0.1) is 0 Å². The van der Waals surface area contributed by atoms with Crippen molar-refractivity contribution >= 4 is 11.9 Å². The number of rotatable bonds is 57. The Morgan fingerprint density at radius 3 is 1.11 bits per heavy atom.